The SMILES string of the molecule is COc1ccc2[nH]cc(C3=CCN(CC(=O)N4CCOC(C)C4)CC3)c2c1. The molecule has 1 N–H and O–H groups in total. The Morgan fingerprint density at radius 2 is 2.26 bits per heavy atom. The van der Waals surface area contributed by atoms with Gasteiger partial charge in [0.1, 0.15) is 5.75 Å². The van der Waals surface area contributed by atoms with Gasteiger partial charge in [-0.3, -0.25) is 9.69 Å². The minimum absolute atomic E-state index is 0.134. The molecule has 1 aromatic carbocycles. The molecule has 2 aliphatic rings. The predicted molar refractivity (Wildman–Crippen MR) is 106 cm³/mol. The van der Waals surface area contributed by atoms with Crippen molar-refractivity contribution in [3.05, 3.63) is 36.0 Å². The number of rotatable bonds is 4. The van der Waals surface area contributed by atoms with Crippen molar-refractivity contribution in [1.82, 2.24) is 14.8 Å². The largest absolute Gasteiger partial charge is 0.497 e. The number of fused-ring (bicyclic) bond motifs is 1. The molecule has 1 aromatic heterocycles. The Labute approximate surface area is 159 Å². The van der Waals surface area contributed by atoms with Gasteiger partial charge in [-0.2, -0.15) is 0 Å². The summed E-state index contributed by atoms with van der Waals surface area (Å²) in [7, 11) is 1.69. The number of hydrogen-bond acceptors (Lipinski definition) is 4. The molecule has 27 heavy (non-hydrogen) atoms. The molecular formula is C21H27N3O3. The quantitative estimate of drug-likeness (QED) is 0.900. The summed E-state index contributed by atoms with van der Waals surface area (Å²) in [6.45, 7) is 6.25. The summed E-state index contributed by atoms with van der Waals surface area (Å²) in [6, 6.07) is 6.10. The zero-order valence-electron chi connectivity index (χ0n) is 16.0. The molecule has 0 radical (unpaired) electrons. The van der Waals surface area contributed by atoms with Crippen LogP contribution in [0.5, 0.6) is 5.75 Å². The Morgan fingerprint density at radius 1 is 1.37 bits per heavy atom. The molecule has 6 nitrogen and oxygen atoms in total. The van der Waals surface area contributed by atoms with E-state index >= 15 is 0 Å². The molecule has 1 fully saturated rings. The first-order chi connectivity index (χ1) is 13.1. The highest BCUT2D eigenvalue weighted by molar-refractivity contribution is 5.93. The molecule has 3 heterocycles. The van der Waals surface area contributed by atoms with Crippen molar-refractivity contribution in [3.63, 3.8) is 0 Å². The van der Waals surface area contributed by atoms with Gasteiger partial charge in [0.15, 0.2) is 0 Å². The maximum atomic E-state index is 12.6. The number of benzene rings is 1. The van der Waals surface area contributed by atoms with Crippen LogP contribution in [0.3, 0.4) is 0 Å². The second-order valence-electron chi connectivity index (χ2n) is 7.35. The Bertz CT molecular complexity index is 857. The summed E-state index contributed by atoms with van der Waals surface area (Å²) in [5.74, 6) is 1.07. The average Bonchev–Trinajstić information content (AvgIpc) is 3.11. The van der Waals surface area contributed by atoms with Crippen LogP contribution in [0.25, 0.3) is 16.5 Å². The monoisotopic (exact) mass is 369 g/mol. The van der Waals surface area contributed by atoms with Crippen LogP contribution >= 0.6 is 0 Å². The van der Waals surface area contributed by atoms with Gasteiger partial charge in [0, 0.05) is 48.8 Å². The van der Waals surface area contributed by atoms with Gasteiger partial charge in [-0.05, 0) is 37.1 Å². The van der Waals surface area contributed by atoms with Crippen LogP contribution in [-0.4, -0.2) is 73.2 Å². The number of amides is 1. The van der Waals surface area contributed by atoms with Gasteiger partial charge in [-0.1, -0.05) is 6.08 Å². The number of nitrogens with one attached hydrogen (secondary N) is 1. The molecule has 2 aliphatic heterocycles. The molecule has 0 saturated carbocycles. The van der Waals surface area contributed by atoms with Crippen molar-refractivity contribution in [1.29, 1.82) is 0 Å². The zero-order chi connectivity index (χ0) is 18.8. The third kappa shape index (κ3) is 3.87. The molecule has 1 amide bonds. The second kappa shape index (κ2) is 7.74. The van der Waals surface area contributed by atoms with E-state index in [9.17, 15) is 4.79 Å². The molecule has 0 spiro atoms. The van der Waals surface area contributed by atoms with Crippen molar-refractivity contribution < 1.29 is 14.3 Å². The Hall–Kier alpha value is -2.31. The van der Waals surface area contributed by atoms with Crippen LogP contribution in [0.2, 0.25) is 0 Å². The van der Waals surface area contributed by atoms with Crippen LogP contribution in [0.15, 0.2) is 30.5 Å². The Morgan fingerprint density at radius 3 is 3.00 bits per heavy atom. The minimum atomic E-state index is 0.134. The third-order valence-electron chi connectivity index (χ3n) is 5.48. The number of nitrogens with zero attached hydrogens (tertiary/aromatic N) is 2. The lowest BCUT2D eigenvalue weighted by atomic mass is 9.99. The van der Waals surface area contributed by atoms with Crippen LogP contribution < -0.4 is 4.74 Å². The van der Waals surface area contributed by atoms with Gasteiger partial charge in [0.2, 0.25) is 5.91 Å². The van der Waals surface area contributed by atoms with Crippen molar-refractivity contribution in [2.75, 3.05) is 46.4 Å². The Balaban J connectivity index is 1.42. The molecule has 1 saturated heterocycles. The van der Waals surface area contributed by atoms with Crippen LogP contribution in [0.4, 0.5) is 0 Å². The van der Waals surface area contributed by atoms with Gasteiger partial charge < -0.3 is 19.4 Å². The zero-order valence-corrected chi connectivity index (χ0v) is 16.0. The molecule has 0 aliphatic carbocycles. The number of H-pyrrole nitrogens is 1. The molecule has 4 rings (SSSR count). The normalized spacial score (nSPS) is 21.3. The van der Waals surface area contributed by atoms with Gasteiger partial charge in [-0.25, -0.2) is 0 Å². The minimum Gasteiger partial charge on any atom is -0.497 e. The fourth-order valence-corrected chi connectivity index (χ4v) is 3.93. The highest BCUT2D eigenvalue weighted by Gasteiger charge is 2.24. The van der Waals surface area contributed by atoms with Crippen molar-refractivity contribution in [3.8, 4) is 5.75 Å². The second-order valence-corrected chi connectivity index (χ2v) is 7.35. The van der Waals surface area contributed by atoms with Crippen LogP contribution in [0.1, 0.15) is 18.9 Å². The number of carbonyl (C=O) groups excluding carboxylic acids is 1. The van der Waals surface area contributed by atoms with Gasteiger partial charge in [-0.15, -0.1) is 0 Å². The number of methoxy groups -OCH3 is 1. The summed E-state index contributed by atoms with van der Waals surface area (Å²) in [5.41, 5.74) is 3.68. The van der Waals surface area contributed by atoms with E-state index in [1.807, 2.05) is 17.9 Å². The van der Waals surface area contributed by atoms with Crippen LogP contribution in [0, 0.1) is 0 Å². The molecule has 144 valence electrons. The first-order valence-corrected chi connectivity index (χ1v) is 9.60. The summed E-state index contributed by atoms with van der Waals surface area (Å²) >= 11 is 0. The molecule has 1 unspecified atom stereocenters. The predicted octanol–water partition coefficient (Wildman–Crippen LogP) is 2.51. The average molecular weight is 369 g/mol. The maximum absolute atomic E-state index is 12.6. The van der Waals surface area contributed by atoms with E-state index in [-0.39, 0.29) is 12.0 Å². The van der Waals surface area contributed by atoms with Crippen molar-refractivity contribution in [2.24, 2.45) is 0 Å². The number of hydrogen-bond donors (Lipinski definition) is 1. The summed E-state index contributed by atoms with van der Waals surface area (Å²) in [6.07, 6.45) is 5.40. The van der Waals surface area contributed by atoms with E-state index < -0.39 is 0 Å². The first-order valence-electron chi connectivity index (χ1n) is 9.60. The number of aromatic amines is 1. The van der Waals surface area contributed by atoms with E-state index in [4.69, 9.17) is 9.47 Å². The first kappa shape index (κ1) is 18.1. The topological polar surface area (TPSA) is 57.8 Å². The highest BCUT2D eigenvalue weighted by atomic mass is 16.5. The number of morpholine rings is 1. The van der Waals surface area contributed by atoms with E-state index in [1.165, 1.54) is 16.5 Å². The molecule has 1 atom stereocenters. The fraction of sp³-hybridized carbons (Fsp3) is 0.476. The maximum Gasteiger partial charge on any atom is 0.236 e. The fourth-order valence-electron chi connectivity index (χ4n) is 3.93. The standard InChI is InChI=1S/C21H27N3O3/c1-15-13-24(9-10-27-15)21(25)14-23-7-5-16(6-8-23)19-12-22-20-4-3-17(26-2)11-18(19)20/h3-5,11-12,15,22H,6-10,13-14H2,1-2H3. The number of carbonyl (C=O) groups is 1. The number of aromatic nitrogens is 1. The molecular weight excluding hydrogens is 342 g/mol. The Kier molecular flexibility index (Phi) is 5.18. The molecule has 0 bridgehead atoms. The summed E-state index contributed by atoms with van der Waals surface area (Å²) < 4.78 is 10.9. The number of ether oxygens (including phenoxy) is 2. The van der Waals surface area contributed by atoms with E-state index in [2.05, 4.69) is 34.3 Å². The molecule has 2 aromatic rings. The van der Waals surface area contributed by atoms with Gasteiger partial charge in [0.25, 0.3) is 0 Å². The summed E-state index contributed by atoms with van der Waals surface area (Å²) in [4.78, 5) is 20.1. The smallest absolute Gasteiger partial charge is 0.236 e. The van der Waals surface area contributed by atoms with Crippen molar-refractivity contribution in [2.45, 2.75) is 19.4 Å². The lowest BCUT2D eigenvalue weighted by Crippen LogP contribution is -2.48. The van der Waals surface area contributed by atoms with Crippen molar-refractivity contribution >= 4 is 22.4 Å². The van der Waals surface area contributed by atoms with E-state index in [1.54, 1.807) is 7.11 Å². The van der Waals surface area contributed by atoms with Gasteiger partial charge >= 0.3 is 0 Å². The summed E-state index contributed by atoms with van der Waals surface area (Å²) in [5, 5.41) is 1.19. The van der Waals surface area contributed by atoms with E-state index in [0.717, 1.165) is 30.8 Å². The molecule has 6 heteroatoms. The van der Waals surface area contributed by atoms with Gasteiger partial charge in [0.05, 0.1) is 26.4 Å². The van der Waals surface area contributed by atoms with E-state index in [0.29, 0.717) is 26.2 Å². The lowest BCUT2D eigenvalue weighted by Gasteiger charge is -2.33. The highest BCUT2D eigenvalue weighted by Crippen LogP contribution is 2.31. The third-order valence-corrected chi connectivity index (χ3v) is 5.48. The lowest BCUT2D eigenvalue weighted by molar-refractivity contribution is -0.139. The van der Waals surface area contributed by atoms with Crippen LogP contribution in [-0.2, 0) is 9.53 Å².